The molecule has 0 fully saturated rings. The Hall–Kier alpha value is -3.50. The van der Waals surface area contributed by atoms with E-state index in [0.717, 1.165) is 38.2 Å². The molecule has 1 heterocycles. The average Bonchev–Trinajstić information content (AvgIpc) is 3.28. The number of hydrogen-bond acceptors (Lipinski definition) is 4. The fourth-order valence-electron chi connectivity index (χ4n) is 3.53. The molecule has 29 heavy (non-hydrogen) atoms. The zero-order valence-corrected chi connectivity index (χ0v) is 16.7. The summed E-state index contributed by atoms with van der Waals surface area (Å²) in [5.41, 5.74) is 7.92. The van der Waals surface area contributed by atoms with Crippen LogP contribution >= 0.6 is 11.5 Å². The summed E-state index contributed by atoms with van der Waals surface area (Å²) in [5.74, 6) is 0.847. The number of methoxy groups -OCH3 is 1. The van der Waals surface area contributed by atoms with Crippen LogP contribution in [0, 0.1) is 0 Å². The third-order valence-corrected chi connectivity index (χ3v) is 5.85. The van der Waals surface area contributed by atoms with Gasteiger partial charge in [-0.15, -0.1) is 5.10 Å². The van der Waals surface area contributed by atoms with Gasteiger partial charge in [0.25, 0.3) is 0 Å². The lowest BCUT2D eigenvalue weighted by molar-refractivity contribution is 0.415. The highest BCUT2D eigenvalue weighted by Crippen LogP contribution is 2.36. The van der Waals surface area contributed by atoms with Crippen molar-refractivity contribution < 1.29 is 4.74 Å². The summed E-state index contributed by atoms with van der Waals surface area (Å²) in [5, 5.41) is 4.33. The van der Waals surface area contributed by atoms with Gasteiger partial charge >= 0.3 is 0 Å². The molecule has 0 aliphatic carbocycles. The second kappa shape index (κ2) is 7.49. The number of fused-ring (bicyclic) bond motifs is 1. The molecule has 3 nitrogen and oxygen atoms in total. The van der Waals surface area contributed by atoms with Crippen LogP contribution in [0.15, 0.2) is 91.0 Å². The molecule has 5 rings (SSSR count). The summed E-state index contributed by atoms with van der Waals surface area (Å²) >= 11 is 1.43. The molecule has 140 valence electrons. The van der Waals surface area contributed by atoms with Crippen molar-refractivity contribution in [1.29, 1.82) is 0 Å². The van der Waals surface area contributed by atoms with E-state index in [4.69, 9.17) is 4.74 Å². The molecule has 0 spiro atoms. The Labute approximate surface area is 173 Å². The van der Waals surface area contributed by atoms with Crippen LogP contribution in [-0.2, 0) is 0 Å². The predicted octanol–water partition coefficient (Wildman–Crippen LogP) is 6.70. The van der Waals surface area contributed by atoms with Gasteiger partial charge in [-0.05, 0) is 63.6 Å². The molecular weight excluding hydrogens is 376 g/mol. The fourth-order valence-corrected chi connectivity index (χ4v) is 4.21. The van der Waals surface area contributed by atoms with Crippen molar-refractivity contribution in [3.05, 3.63) is 91.0 Å². The number of aromatic nitrogens is 2. The molecule has 1 aromatic heterocycles. The zero-order chi connectivity index (χ0) is 19.6. The summed E-state index contributed by atoms with van der Waals surface area (Å²) < 4.78 is 10.6. The van der Waals surface area contributed by atoms with Crippen LogP contribution < -0.4 is 4.74 Å². The van der Waals surface area contributed by atoms with Gasteiger partial charge in [0, 0.05) is 5.56 Å². The Morgan fingerprint density at radius 1 is 0.655 bits per heavy atom. The summed E-state index contributed by atoms with van der Waals surface area (Å²) in [4.78, 5) is 0. The van der Waals surface area contributed by atoms with E-state index in [2.05, 4.69) is 82.4 Å². The van der Waals surface area contributed by atoms with Gasteiger partial charge < -0.3 is 4.74 Å². The molecule has 4 heteroatoms. The smallest absolute Gasteiger partial charge is 0.118 e. The maximum atomic E-state index is 5.30. The first-order valence-corrected chi connectivity index (χ1v) is 10.2. The summed E-state index contributed by atoms with van der Waals surface area (Å²) in [6.07, 6.45) is 0. The maximum absolute atomic E-state index is 5.30. The molecule has 0 aliphatic heterocycles. The molecule has 0 amide bonds. The molecule has 0 bridgehead atoms. The molecule has 0 unspecified atom stereocenters. The van der Waals surface area contributed by atoms with Crippen molar-refractivity contribution in [1.82, 2.24) is 9.59 Å². The van der Waals surface area contributed by atoms with Crippen molar-refractivity contribution in [2.24, 2.45) is 0 Å². The lowest BCUT2D eigenvalue weighted by atomic mass is 9.96. The molecule has 0 saturated carbocycles. The number of rotatable bonds is 4. The van der Waals surface area contributed by atoms with Gasteiger partial charge in [-0.1, -0.05) is 71.2 Å². The Bertz CT molecular complexity index is 1260. The Kier molecular flexibility index (Phi) is 4.54. The van der Waals surface area contributed by atoms with E-state index in [9.17, 15) is 0 Å². The minimum absolute atomic E-state index is 0.847. The lowest BCUT2D eigenvalue weighted by Gasteiger charge is -2.09. The van der Waals surface area contributed by atoms with Gasteiger partial charge in [0.1, 0.15) is 11.3 Å². The number of hydrogen-bond donors (Lipinski definition) is 0. The summed E-state index contributed by atoms with van der Waals surface area (Å²) in [6, 6.07) is 31.6. The average molecular weight is 394 g/mol. The molecule has 0 saturated heterocycles. The van der Waals surface area contributed by atoms with Gasteiger partial charge in [0.2, 0.25) is 0 Å². The van der Waals surface area contributed by atoms with Crippen molar-refractivity contribution in [3.8, 4) is 39.1 Å². The van der Waals surface area contributed by atoms with Gasteiger partial charge in [-0.2, -0.15) is 0 Å². The molecule has 5 aromatic rings. The van der Waals surface area contributed by atoms with E-state index < -0.39 is 0 Å². The molecule has 0 atom stereocenters. The van der Waals surface area contributed by atoms with Crippen LogP contribution in [0.1, 0.15) is 0 Å². The van der Waals surface area contributed by atoms with Gasteiger partial charge in [-0.3, -0.25) is 0 Å². The van der Waals surface area contributed by atoms with Crippen molar-refractivity contribution in [3.63, 3.8) is 0 Å². The number of ether oxygens (including phenoxy) is 1. The molecule has 4 aromatic carbocycles. The van der Waals surface area contributed by atoms with E-state index in [-0.39, 0.29) is 0 Å². The van der Waals surface area contributed by atoms with Gasteiger partial charge in [-0.25, -0.2) is 0 Å². The SMILES string of the molecule is COc1ccc(-c2cc(-c3ccc(-c4ccccc4)cc3)cc3nnsc23)cc1. The minimum Gasteiger partial charge on any atom is -0.497 e. The molecule has 0 N–H and O–H groups in total. The number of nitrogens with zero attached hydrogens (tertiary/aromatic N) is 2. The zero-order valence-electron chi connectivity index (χ0n) is 15.9. The molecular formula is C25H18N2OS. The topological polar surface area (TPSA) is 35.0 Å². The van der Waals surface area contributed by atoms with Crippen LogP contribution in [0.5, 0.6) is 5.75 Å². The van der Waals surface area contributed by atoms with E-state index in [1.165, 1.54) is 22.7 Å². The van der Waals surface area contributed by atoms with E-state index in [1.807, 2.05) is 18.2 Å². The van der Waals surface area contributed by atoms with Gasteiger partial charge in [0.15, 0.2) is 0 Å². The largest absolute Gasteiger partial charge is 0.497 e. The van der Waals surface area contributed by atoms with Crippen LogP contribution in [0.2, 0.25) is 0 Å². The van der Waals surface area contributed by atoms with E-state index in [0.29, 0.717) is 0 Å². The highest BCUT2D eigenvalue weighted by molar-refractivity contribution is 7.13. The van der Waals surface area contributed by atoms with Crippen molar-refractivity contribution >= 4 is 21.7 Å². The molecule has 0 radical (unpaired) electrons. The summed E-state index contributed by atoms with van der Waals surface area (Å²) in [6.45, 7) is 0. The fraction of sp³-hybridized carbons (Fsp3) is 0.0400. The third-order valence-electron chi connectivity index (χ3n) is 5.08. The van der Waals surface area contributed by atoms with Gasteiger partial charge in [0.05, 0.1) is 11.8 Å². The lowest BCUT2D eigenvalue weighted by Crippen LogP contribution is -1.86. The maximum Gasteiger partial charge on any atom is 0.118 e. The Balaban J connectivity index is 1.58. The second-order valence-electron chi connectivity index (χ2n) is 6.82. The van der Waals surface area contributed by atoms with E-state index >= 15 is 0 Å². The third kappa shape index (κ3) is 3.39. The van der Waals surface area contributed by atoms with E-state index in [1.54, 1.807) is 7.11 Å². The molecule has 0 aliphatic rings. The minimum atomic E-state index is 0.847. The van der Waals surface area contributed by atoms with Crippen molar-refractivity contribution in [2.75, 3.05) is 7.11 Å². The highest BCUT2D eigenvalue weighted by atomic mass is 32.1. The first kappa shape index (κ1) is 17.6. The predicted molar refractivity (Wildman–Crippen MR) is 120 cm³/mol. The highest BCUT2D eigenvalue weighted by Gasteiger charge is 2.12. The van der Waals surface area contributed by atoms with Crippen LogP contribution in [-0.4, -0.2) is 16.7 Å². The standard InChI is InChI=1S/C25H18N2OS/c1-28-22-13-11-20(12-14-22)23-15-21(16-24-25(23)29-27-26-24)19-9-7-18(8-10-19)17-5-3-2-4-6-17/h2-16H,1H3. The van der Waals surface area contributed by atoms with Crippen LogP contribution in [0.25, 0.3) is 43.6 Å². The second-order valence-corrected chi connectivity index (χ2v) is 7.57. The summed E-state index contributed by atoms with van der Waals surface area (Å²) in [7, 11) is 1.68. The van der Waals surface area contributed by atoms with Crippen molar-refractivity contribution in [2.45, 2.75) is 0 Å². The monoisotopic (exact) mass is 394 g/mol. The Morgan fingerprint density at radius 3 is 1.97 bits per heavy atom. The first-order valence-electron chi connectivity index (χ1n) is 9.38. The first-order chi connectivity index (χ1) is 14.3. The van der Waals surface area contributed by atoms with Crippen LogP contribution in [0.4, 0.5) is 0 Å². The quantitative estimate of drug-likeness (QED) is 0.340. The normalized spacial score (nSPS) is 10.9. The number of benzene rings is 4. The Morgan fingerprint density at radius 2 is 1.28 bits per heavy atom. The van der Waals surface area contributed by atoms with Crippen LogP contribution in [0.3, 0.4) is 0 Å².